The molecule has 0 heterocycles. The molecule has 0 rings (SSSR count). The topological polar surface area (TPSA) is 34.1 Å². The third-order valence-electron chi connectivity index (χ3n) is 2.98. The van der Waals surface area contributed by atoms with Crippen molar-refractivity contribution < 1.29 is 9.59 Å². The van der Waals surface area contributed by atoms with E-state index < -0.39 is 0 Å². The third kappa shape index (κ3) is 22.7. The van der Waals surface area contributed by atoms with Gasteiger partial charge in [-0.1, -0.05) is 34.4 Å². The molecular weight excluding hydrogens is 284 g/mol. The van der Waals surface area contributed by atoms with Crippen LogP contribution in [-0.2, 0) is 9.59 Å². The number of ketones is 1. The third-order valence-corrected chi connectivity index (χ3v) is 2.98. The van der Waals surface area contributed by atoms with Gasteiger partial charge in [0.25, 0.3) is 0 Å². The van der Waals surface area contributed by atoms with Crippen molar-refractivity contribution in [3.05, 3.63) is 46.6 Å². The van der Waals surface area contributed by atoms with Crippen molar-refractivity contribution in [2.45, 2.75) is 74.1 Å². The van der Waals surface area contributed by atoms with Gasteiger partial charge in [-0.3, -0.25) is 9.59 Å². The standard InChI is InChI=1S/C11H18O.C10H16O/c1-9(2)6-5-7-10(3)8-11(4)12;1-9(2)5-4-6-10(3)7-8-11/h6,8H,5,7H2,1-4H3;5,7-8H,4,6H2,1-3H3/b10-8+;10-7-. The second kappa shape index (κ2) is 15.2. The minimum Gasteiger partial charge on any atom is -0.299 e. The Kier molecular flexibility index (Phi) is 15.6. The van der Waals surface area contributed by atoms with E-state index in [1.54, 1.807) is 19.1 Å². The van der Waals surface area contributed by atoms with Gasteiger partial charge in [-0.05, 0) is 86.3 Å². The van der Waals surface area contributed by atoms with Crippen molar-refractivity contribution in [1.29, 1.82) is 0 Å². The Morgan fingerprint density at radius 3 is 1.52 bits per heavy atom. The molecule has 0 aromatic carbocycles. The zero-order valence-corrected chi connectivity index (χ0v) is 16.0. The molecule has 0 fully saturated rings. The molecule has 0 saturated heterocycles. The molecule has 0 unspecified atom stereocenters. The summed E-state index contributed by atoms with van der Waals surface area (Å²) in [6, 6.07) is 0. The van der Waals surface area contributed by atoms with Crippen LogP contribution >= 0.6 is 0 Å². The van der Waals surface area contributed by atoms with Gasteiger partial charge < -0.3 is 0 Å². The van der Waals surface area contributed by atoms with E-state index in [1.807, 2.05) is 13.8 Å². The Labute approximate surface area is 143 Å². The molecular formula is C21H34O2. The molecule has 0 radical (unpaired) electrons. The number of hydrogen-bond donors (Lipinski definition) is 0. The smallest absolute Gasteiger partial charge is 0.152 e. The van der Waals surface area contributed by atoms with Crippen LogP contribution in [0.25, 0.3) is 0 Å². The Bertz CT molecular complexity index is 466. The minimum atomic E-state index is 0.143. The van der Waals surface area contributed by atoms with Crippen LogP contribution in [-0.4, -0.2) is 12.1 Å². The quantitative estimate of drug-likeness (QED) is 0.306. The number of carbonyl (C=O) groups is 2. The molecule has 2 heteroatoms. The van der Waals surface area contributed by atoms with Crippen molar-refractivity contribution in [2.24, 2.45) is 0 Å². The van der Waals surface area contributed by atoms with E-state index in [0.717, 1.165) is 37.5 Å². The first kappa shape index (κ1) is 23.6. The monoisotopic (exact) mass is 318 g/mol. The first-order valence-corrected chi connectivity index (χ1v) is 8.24. The Balaban J connectivity index is 0. The molecule has 0 atom stereocenters. The highest BCUT2D eigenvalue weighted by atomic mass is 16.1. The van der Waals surface area contributed by atoms with E-state index in [1.165, 1.54) is 16.7 Å². The SMILES string of the molecule is CC(=O)/C=C(\C)CCC=C(C)C.CC(C)=CCC/C(C)=C\C=O. The largest absolute Gasteiger partial charge is 0.299 e. The lowest BCUT2D eigenvalue weighted by Gasteiger charge is -1.96. The minimum absolute atomic E-state index is 0.143. The lowest BCUT2D eigenvalue weighted by molar-refractivity contribution is -0.112. The summed E-state index contributed by atoms with van der Waals surface area (Å²) in [5.74, 6) is 0.143. The summed E-state index contributed by atoms with van der Waals surface area (Å²) in [5, 5.41) is 0. The van der Waals surface area contributed by atoms with Crippen LogP contribution in [0, 0.1) is 0 Å². The van der Waals surface area contributed by atoms with E-state index in [-0.39, 0.29) is 5.78 Å². The molecule has 0 bridgehead atoms. The highest BCUT2D eigenvalue weighted by molar-refractivity contribution is 5.87. The van der Waals surface area contributed by atoms with E-state index in [4.69, 9.17) is 0 Å². The molecule has 130 valence electrons. The maximum absolute atomic E-state index is 10.7. The van der Waals surface area contributed by atoms with Gasteiger partial charge in [0.05, 0.1) is 0 Å². The fraction of sp³-hybridized carbons (Fsp3) is 0.524. The molecule has 0 aliphatic rings. The van der Waals surface area contributed by atoms with Gasteiger partial charge in [0.2, 0.25) is 0 Å². The van der Waals surface area contributed by atoms with E-state index in [9.17, 15) is 9.59 Å². The van der Waals surface area contributed by atoms with Crippen LogP contribution in [0.3, 0.4) is 0 Å². The number of allylic oxidation sites excluding steroid dienone is 8. The fourth-order valence-corrected chi connectivity index (χ4v) is 1.80. The Morgan fingerprint density at radius 1 is 0.739 bits per heavy atom. The lowest BCUT2D eigenvalue weighted by atomic mass is 10.1. The summed E-state index contributed by atoms with van der Waals surface area (Å²) in [4.78, 5) is 20.7. The molecule has 0 amide bonds. The normalized spacial score (nSPS) is 11.1. The average molecular weight is 319 g/mol. The van der Waals surface area contributed by atoms with E-state index in [0.29, 0.717) is 0 Å². The van der Waals surface area contributed by atoms with Crippen LogP contribution in [0.1, 0.15) is 74.1 Å². The van der Waals surface area contributed by atoms with Gasteiger partial charge in [0.15, 0.2) is 5.78 Å². The predicted molar refractivity (Wildman–Crippen MR) is 102 cm³/mol. The van der Waals surface area contributed by atoms with Gasteiger partial charge in [-0.2, -0.15) is 0 Å². The van der Waals surface area contributed by atoms with E-state index in [2.05, 4.69) is 39.8 Å². The maximum Gasteiger partial charge on any atom is 0.152 e. The first-order valence-electron chi connectivity index (χ1n) is 8.24. The van der Waals surface area contributed by atoms with Crippen LogP contribution in [0.2, 0.25) is 0 Å². The van der Waals surface area contributed by atoms with Crippen molar-refractivity contribution >= 4 is 12.1 Å². The molecule has 0 spiro atoms. The number of aldehydes is 1. The zero-order chi connectivity index (χ0) is 18.3. The molecule has 2 nitrogen and oxygen atoms in total. The second-order valence-electron chi connectivity index (χ2n) is 6.39. The number of carbonyl (C=O) groups excluding carboxylic acids is 2. The van der Waals surface area contributed by atoms with Crippen LogP contribution < -0.4 is 0 Å². The number of rotatable bonds is 8. The molecule has 0 N–H and O–H groups in total. The van der Waals surface area contributed by atoms with Crippen molar-refractivity contribution in [2.75, 3.05) is 0 Å². The second-order valence-corrected chi connectivity index (χ2v) is 6.39. The molecule has 0 saturated carbocycles. The highest BCUT2D eigenvalue weighted by Gasteiger charge is 1.90. The molecule has 0 aromatic rings. The highest BCUT2D eigenvalue weighted by Crippen LogP contribution is 2.06. The summed E-state index contributed by atoms with van der Waals surface area (Å²) in [6.45, 7) is 13.9. The average Bonchev–Trinajstić information content (AvgIpc) is 2.37. The summed E-state index contributed by atoms with van der Waals surface area (Å²) < 4.78 is 0. The van der Waals surface area contributed by atoms with Gasteiger partial charge in [0.1, 0.15) is 6.29 Å². The summed E-state index contributed by atoms with van der Waals surface area (Å²) >= 11 is 0. The maximum atomic E-state index is 10.7. The molecule has 0 aromatic heterocycles. The van der Waals surface area contributed by atoms with Crippen molar-refractivity contribution in [1.82, 2.24) is 0 Å². The Hall–Kier alpha value is -1.70. The van der Waals surface area contributed by atoms with Crippen LogP contribution in [0.5, 0.6) is 0 Å². The predicted octanol–water partition coefficient (Wildman–Crippen LogP) is 6.15. The Morgan fingerprint density at radius 2 is 1.17 bits per heavy atom. The molecule has 0 aliphatic heterocycles. The van der Waals surface area contributed by atoms with Crippen LogP contribution in [0.4, 0.5) is 0 Å². The van der Waals surface area contributed by atoms with Gasteiger partial charge in [0, 0.05) is 0 Å². The van der Waals surface area contributed by atoms with E-state index >= 15 is 0 Å². The summed E-state index contributed by atoms with van der Waals surface area (Å²) in [7, 11) is 0. The molecule has 23 heavy (non-hydrogen) atoms. The van der Waals surface area contributed by atoms with Gasteiger partial charge in [-0.15, -0.1) is 0 Å². The lowest BCUT2D eigenvalue weighted by Crippen LogP contribution is -1.85. The van der Waals surface area contributed by atoms with Gasteiger partial charge in [-0.25, -0.2) is 0 Å². The first-order chi connectivity index (χ1) is 10.7. The summed E-state index contributed by atoms with van der Waals surface area (Å²) in [6.07, 6.45) is 12.6. The van der Waals surface area contributed by atoms with Crippen molar-refractivity contribution in [3.63, 3.8) is 0 Å². The van der Waals surface area contributed by atoms with Crippen LogP contribution in [0.15, 0.2) is 46.6 Å². The zero-order valence-electron chi connectivity index (χ0n) is 16.0. The van der Waals surface area contributed by atoms with Gasteiger partial charge >= 0.3 is 0 Å². The van der Waals surface area contributed by atoms with Crippen molar-refractivity contribution in [3.8, 4) is 0 Å². The molecule has 0 aliphatic carbocycles. The summed E-state index contributed by atoms with van der Waals surface area (Å²) in [5.41, 5.74) is 4.99. The number of hydrogen-bond acceptors (Lipinski definition) is 2. The fourth-order valence-electron chi connectivity index (χ4n) is 1.80.